The van der Waals surface area contributed by atoms with Crippen molar-refractivity contribution in [3.05, 3.63) is 0 Å². The second-order valence-electron chi connectivity index (χ2n) is 4.63. The topological polar surface area (TPSA) is 46.5 Å². The van der Waals surface area contributed by atoms with E-state index in [0.717, 1.165) is 25.7 Å². The van der Waals surface area contributed by atoms with Crippen molar-refractivity contribution in [2.24, 2.45) is 0 Å². The number of hydrogen-bond donors (Lipinski definition) is 1. The first-order valence-corrected chi connectivity index (χ1v) is 7.04. The van der Waals surface area contributed by atoms with E-state index in [4.69, 9.17) is 4.74 Å². The van der Waals surface area contributed by atoms with Gasteiger partial charge in [-0.3, -0.25) is 4.79 Å². The third kappa shape index (κ3) is 11.7. The summed E-state index contributed by atoms with van der Waals surface area (Å²) >= 11 is 0. The highest BCUT2D eigenvalue weighted by Crippen LogP contribution is 2.09. The molecular weight excluding hydrogens is 216 g/mol. The number of aliphatic hydroxyl groups excluding tert-OH is 1. The van der Waals surface area contributed by atoms with Crippen LogP contribution in [0.4, 0.5) is 0 Å². The Bertz CT molecular complexity index is 180. The van der Waals surface area contributed by atoms with Gasteiger partial charge in [-0.2, -0.15) is 0 Å². The Kier molecular flexibility index (Phi) is 11.5. The Balaban J connectivity index is 3.37. The van der Waals surface area contributed by atoms with Crippen molar-refractivity contribution in [1.82, 2.24) is 0 Å². The highest BCUT2D eigenvalue weighted by atomic mass is 16.5. The van der Waals surface area contributed by atoms with E-state index in [1.54, 1.807) is 0 Å². The zero-order valence-corrected chi connectivity index (χ0v) is 11.4. The van der Waals surface area contributed by atoms with Gasteiger partial charge in [-0.15, -0.1) is 0 Å². The van der Waals surface area contributed by atoms with Gasteiger partial charge in [0.25, 0.3) is 0 Å². The fraction of sp³-hybridized carbons (Fsp3) is 0.929. The van der Waals surface area contributed by atoms with Crippen LogP contribution in [0.5, 0.6) is 0 Å². The summed E-state index contributed by atoms with van der Waals surface area (Å²) in [5, 5.41) is 9.63. The Labute approximate surface area is 106 Å². The molecular formula is C14H28O3. The number of carbonyl (C=O) groups is 1. The molecule has 0 bridgehead atoms. The van der Waals surface area contributed by atoms with Gasteiger partial charge in [-0.1, -0.05) is 52.4 Å². The van der Waals surface area contributed by atoms with E-state index in [1.165, 1.54) is 19.3 Å². The number of esters is 1. The van der Waals surface area contributed by atoms with Crippen molar-refractivity contribution >= 4 is 5.97 Å². The average molecular weight is 244 g/mol. The van der Waals surface area contributed by atoms with Crippen LogP contribution in [-0.2, 0) is 9.53 Å². The predicted molar refractivity (Wildman–Crippen MR) is 69.9 cm³/mol. The first kappa shape index (κ1) is 16.4. The maximum atomic E-state index is 11.3. The molecule has 1 unspecified atom stereocenters. The van der Waals surface area contributed by atoms with Gasteiger partial charge >= 0.3 is 5.97 Å². The second-order valence-corrected chi connectivity index (χ2v) is 4.63. The van der Waals surface area contributed by atoms with Gasteiger partial charge in [0.2, 0.25) is 0 Å². The van der Waals surface area contributed by atoms with Gasteiger partial charge in [-0.25, -0.2) is 0 Å². The lowest BCUT2D eigenvalue weighted by molar-refractivity contribution is -0.146. The lowest BCUT2D eigenvalue weighted by Gasteiger charge is -2.10. The van der Waals surface area contributed by atoms with Crippen LogP contribution in [-0.4, -0.2) is 23.8 Å². The van der Waals surface area contributed by atoms with Gasteiger partial charge in [0, 0.05) is 0 Å². The van der Waals surface area contributed by atoms with Crippen molar-refractivity contribution in [3.8, 4) is 0 Å². The van der Waals surface area contributed by atoms with Crippen LogP contribution in [0.3, 0.4) is 0 Å². The highest BCUT2D eigenvalue weighted by Gasteiger charge is 2.11. The lowest BCUT2D eigenvalue weighted by atomic mass is 10.1. The van der Waals surface area contributed by atoms with E-state index < -0.39 is 6.10 Å². The Morgan fingerprint density at radius 1 is 1.06 bits per heavy atom. The summed E-state index contributed by atoms with van der Waals surface area (Å²) in [7, 11) is 0. The molecule has 0 aromatic rings. The molecule has 0 saturated heterocycles. The summed E-state index contributed by atoms with van der Waals surface area (Å²) in [6, 6.07) is 0. The Hall–Kier alpha value is -0.570. The molecule has 17 heavy (non-hydrogen) atoms. The minimum absolute atomic E-state index is 0.150. The van der Waals surface area contributed by atoms with Gasteiger partial charge in [-0.05, 0) is 12.8 Å². The van der Waals surface area contributed by atoms with Crippen LogP contribution in [0.25, 0.3) is 0 Å². The molecule has 0 spiro atoms. The van der Waals surface area contributed by atoms with Crippen LogP contribution in [0, 0.1) is 0 Å². The smallest absolute Gasteiger partial charge is 0.308 e. The minimum atomic E-state index is -0.522. The standard InChI is InChI=1S/C14H28O3/c1-3-5-7-8-9-10-13(15)12-14(16)17-11-6-4-2/h13,15H,3-12H2,1-2H3. The molecule has 1 atom stereocenters. The molecule has 0 aromatic heterocycles. The fourth-order valence-corrected chi connectivity index (χ4v) is 1.67. The zero-order chi connectivity index (χ0) is 12.9. The molecule has 0 radical (unpaired) electrons. The van der Waals surface area contributed by atoms with E-state index >= 15 is 0 Å². The largest absolute Gasteiger partial charge is 0.466 e. The molecule has 0 rings (SSSR count). The first-order chi connectivity index (χ1) is 8.20. The van der Waals surface area contributed by atoms with Gasteiger partial charge in [0.1, 0.15) is 0 Å². The maximum absolute atomic E-state index is 11.3. The molecule has 102 valence electrons. The number of ether oxygens (including phenoxy) is 1. The fourth-order valence-electron chi connectivity index (χ4n) is 1.67. The van der Waals surface area contributed by atoms with E-state index in [0.29, 0.717) is 13.0 Å². The van der Waals surface area contributed by atoms with E-state index in [9.17, 15) is 9.90 Å². The Morgan fingerprint density at radius 2 is 1.71 bits per heavy atom. The molecule has 0 aliphatic rings. The molecule has 0 aliphatic carbocycles. The molecule has 0 aliphatic heterocycles. The minimum Gasteiger partial charge on any atom is -0.466 e. The Morgan fingerprint density at radius 3 is 2.35 bits per heavy atom. The highest BCUT2D eigenvalue weighted by molar-refractivity contribution is 5.69. The third-order valence-electron chi connectivity index (χ3n) is 2.80. The predicted octanol–water partition coefficient (Wildman–Crippen LogP) is 3.44. The molecule has 3 nitrogen and oxygen atoms in total. The summed E-state index contributed by atoms with van der Waals surface area (Å²) in [6.45, 7) is 4.72. The number of unbranched alkanes of at least 4 members (excludes halogenated alkanes) is 5. The van der Waals surface area contributed by atoms with Crippen LogP contribution in [0.2, 0.25) is 0 Å². The summed E-state index contributed by atoms with van der Waals surface area (Å²) in [5.74, 6) is -0.264. The van der Waals surface area contributed by atoms with Crippen molar-refractivity contribution in [2.45, 2.75) is 77.7 Å². The number of aliphatic hydroxyl groups is 1. The number of rotatable bonds is 11. The number of carbonyl (C=O) groups excluding carboxylic acids is 1. The monoisotopic (exact) mass is 244 g/mol. The van der Waals surface area contributed by atoms with Crippen LogP contribution in [0.15, 0.2) is 0 Å². The second kappa shape index (κ2) is 11.9. The zero-order valence-electron chi connectivity index (χ0n) is 11.4. The van der Waals surface area contributed by atoms with Gasteiger partial charge in [0.05, 0.1) is 19.1 Å². The molecule has 0 fully saturated rings. The molecule has 1 N–H and O–H groups in total. The van der Waals surface area contributed by atoms with Gasteiger partial charge < -0.3 is 9.84 Å². The summed E-state index contributed by atoms with van der Waals surface area (Å²) in [5.41, 5.74) is 0. The maximum Gasteiger partial charge on any atom is 0.308 e. The molecule has 3 heteroatoms. The van der Waals surface area contributed by atoms with Crippen molar-refractivity contribution < 1.29 is 14.6 Å². The van der Waals surface area contributed by atoms with Crippen molar-refractivity contribution in [2.75, 3.05) is 6.61 Å². The lowest BCUT2D eigenvalue weighted by Crippen LogP contribution is -2.16. The summed E-state index contributed by atoms with van der Waals surface area (Å²) < 4.78 is 5.00. The molecule has 0 heterocycles. The van der Waals surface area contributed by atoms with Crippen LogP contribution >= 0.6 is 0 Å². The first-order valence-electron chi connectivity index (χ1n) is 7.04. The number of hydrogen-bond acceptors (Lipinski definition) is 3. The van der Waals surface area contributed by atoms with Crippen LogP contribution < -0.4 is 0 Å². The quantitative estimate of drug-likeness (QED) is 0.447. The summed E-state index contributed by atoms with van der Waals surface area (Å²) in [4.78, 5) is 11.3. The van der Waals surface area contributed by atoms with E-state index in [2.05, 4.69) is 13.8 Å². The molecule has 0 aromatic carbocycles. The molecule has 0 saturated carbocycles. The van der Waals surface area contributed by atoms with Crippen LogP contribution in [0.1, 0.15) is 71.6 Å². The van der Waals surface area contributed by atoms with Crippen molar-refractivity contribution in [1.29, 1.82) is 0 Å². The molecule has 0 amide bonds. The summed E-state index contributed by atoms with van der Waals surface area (Å²) in [6.07, 6.45) is 8.13. The normalized spacial score (nSPS) is 12.4. The van der Waals surface area contributed by atoms with Gasteiger partial charge in [0.15, 0.2) is 0 Å². The third-order valence-corrected chi connectivity index (χ3v) is 2.80. The van der Waals surface area contributed by atoms with Crippen molar-refractivity contribution in [3.63, 3.8) is 0 Å². The average Bonchev–Trinajstić information content (AvgIpc) is 2.29. The SMILES string of the molecule is CCCCCCCC(O)CC(=O)OCCCC. The van der Waals surface area contributed by atoms with E-state index in [-0.39, 0.29) is 12.4 Å². The van der Waals surface area contributed by atoms with E-state index in [1.807, 2.05) is 0 Å².